The van der Waals surface area contributed by atoms with Gasteiger partial charge < -0.3 is 34.3 Å². The van der Waals surface area contributed by atoms with Crippen LogP contribution in [-0.4, -0.2) is 77.8 Å². The summed E-state index contributed by atoms with van der Waals surface area (Å²) in [5, 5.41) is 5.63. The van der Waals surface area contributed by atoms with E-state index in [1.807, 2.05) is 12.1 Å². The van der Waals surface area contributed by atoms with Gasteiger partial charge in [0.05, 0.1) is 50.8 Å². The highest BCUT2D eigenvalue weighted by Gasteiger charge is 2.13. The molecule has 0 unspecified atom stereocenters. The van der Waals surface area contributed by atoms with E-state index in [1.54, 1.807) is 36.4 Å². The number of rotatable bonds is 0. The zero-order valence-electron chi connectivity index (χ0n) is 18.5. The summed E-state index contributed by atoms with van der Waals surface area (Å²) in [5.41, 5.74) is 0.910. The number of ether oxygens (including phenoxy) is 5. The molecule has 9 nitrogen and oxygen atoms in total. The monoisotopic (exact) mass is 458 g/mol. The van der Waals surface area contributed by atoms with E-state index in [-0.39, 0.29) is 25.0 Å². The maximum Gasteiger partial charge on any atom is 0.255 e. The van der Waals surface area contributed by atoms with Gasteiger partial charge in [0.2, 0.25) is 0 Å². The van der Waals surface area contributed by atoms with Crippen LogP contribution in [0.25, 0.3) is 0 Å². The zero-order chi connectivity index (χ0) is 23.1. The molecule has 0 aliphatic carbocycles. The van der Waals surface area contributed by atoms with Gasteiger partial charge in [-0.2, -0.15) is 0 Å². The fourth-order valence-electron chi connectivity index (χ4n) is 3.07. The molecule has 9 heteroatoms. The number of hydrogen-bond acceptors (Lipinski definition) is 7. The number of carbonyl (C=O) groups is 2. The van der Waals surface area contributed by atoms with Gasteiger partial charge in [0.25, 0.3) is 11.8 Å². The van der Waals surface area contributed by atoms with Crippen molar-refractivity contribution in [1.82, 2.24) is 10.6 Å². The Labute approximate surface area is 193 Å². The van der Waals surface area contributed by atoms with Gasteiger partial charge in [-0.15, -0.1) is 0 Å². The number of carbonyl (C=O) groups excluding carboxylic acids is 2. The van der Waals surface area contributed by atoms with E-state index >= 15 is 0 Å². The van der Waals surface area contributed by atoms with Crippen molar-refractivity contribution in [2.75, 3.05) is 65.9 Å². The second kappa shape index (κ2) is 14.1. The molecule has 2 amide bonds. The van der Waals surface area contributed by atoms with Gasteiger partial charge in [-0.1, -0.05) is 24.3 Å². The zero-order valence-corrected chi connectivity index (χ0v) is 18.5. The summed E-state index contributed by atoms with van der Waals surface area (Å²) in [5.74, 6) is 0.519. The van der Waals surface area contributed by atoms with Crippen molar-refractivity contribution in [1.29, 1.82) is 0 Å². The summed E-state index contributed by atoms with van der Waals surface area (Å²) < 4.78 is 28.0. The highest BCUT2D eigenvalue weighted by molar-refractivity contribution is 5.97. The minimum Gasteiger partial charge on any atom is -0.490 e. The normalized spacial score (nSPS) is 17.8. The highest BCUT2D eigenvalue weighted by Crippen LogP contribution is 2.18. The molecule has 0 atom stereocenters. The van der Waals surface area contributed by atoms with Crippen LogP contribution < -0.4 is 20.1 Å². The third-order valence-corrected chi connectivity index (χ3v) is 4.67. The third kappa shape index (κ3) is 8.38. The third-order valence-electron chi connectivity index (χ3n) is 4.67. The minimum absolute atomic E-state index is 0.229. The average Bonchev–Trinajstić information content (AvgIpc) is 2.84. The first-order valence-electron chi connectivity index (χ1n) is 11.0. The number of para-hydroxylation sites is 2. The molecule has 0 bridgehead atoms. The standard InChI is InChI=1S/C24H30N2O7/c27-23-19-5-1-3-7-21(19)32-17-15-31-16-18-33-22-8-4-2-6-20(22)24(28)26-10-12-30-14-13-29-11-9-25-23/h1-8H,9-18H2,(H,25,27)(H,26,28). The molecule has 0 saturated carbocycles. The van der Waals surface area contributed by atoms with Crippen LogP contribution >= 0.6 is 0 Å². The van der Waals surface area contributed by atoms with Crippen LogP contribution in [0.5, 0.6) is 11.5 Å². The van der Waals surface area contributed by atoms with E-state index in [1.165, 1.54) is 0 Å². The van der Waals surface area contributed by atoms with E-state index in [9.17, 15) is 9.59 Å². The van der Waals surface area contributed by atoms with E-state index < -0.39 is 0 Å². The lowest BCUT2D eigenvalue weighted by molar-refractivity contribution is 0.0485. The van der Waals surface area contributed by atoms with E-state index in [0.29, 0.717) is 75.4 Å². The molecular formula is C24H30N2O7. The first-order chi connectivity index (χ1) is 16.3. The molecule has 0 spiro atoms. The van der Waals surface area contributed by atoms with Crippen LogP contribution in [0.4, 0.5) is 0 Å². The molecule has 178 valence electrons. The van der Waals surface area contributed by atoms with Crippen LogP contribution in [0.3, 0.4) is 0 Å². The number of fused-ring (bicyclic) bond motifs is 2. The van der Waals surface area contributed by atoms with Crippen molar-refractivity contribution >= 4 is 11.8 Å². The average molecular weight is 459 g/mol. The van der Waals surface area contributed by atoms with Crippen LogP contribution in [0, 0.1) is 0 Å². The molecule has 0 saturated heterocycles. The smallest absolute Gasteiger partial charge is 0.255 e. The van der Waals surface area contributed by atoms with Gasteiger partial charge in [-0.3, -0.25) is 9.59 Å². The minimum atomic E-state index is -0.229. The molecule has 3 rings (SSSR count). The number of nitrogens with one attached hydrogen (secondary N) is 2. The largest absolute Gasteiger partial charge is 0.490 e. The van der Waals surface area contributed by atoms with Gasteiger partial charge >= 0.3 is 0 Å². The number of benzene rings is 2. The van der Waals surface area contributed by atoms with Crippen LogP contribution in [0.1, 0.15) is 20.7 Å². The van der Waals surface area contributed by atoms with Gasteiger partial charge in [0.15, 0.2) is 0 Å². The Bertz CT molecular complexity index is 819. The summed E-state index contributed by atoms with van der Waals surface area (Å²) in [6.07, 6.45) is 0. The summed E-state index contributed by atoms with van der Waals surface area (Å²) in [4.78, 5) is 24.9. The molecule has 1 aliphatic rings. The van der Waals surface area contributed by atoms with Gasteiger partial charge in [0, 0.05) is 13.1 Å². The molecule has 0 aromatic heterocycles. The topological polar surface area (TPSA) is 104 Å². The Morgan fingerprint density at radius 1 is 0.515 bits per heavy atom. The molecule has 2 aromatic carbocycles. The second-order valence-electron chi connectivity index (χ2n) is 7.04. The Hall–Kier alpha value is -3.14. The van der Waals surface area contributed by atoms with Crippen molar-refractivity contribution in [3.8, 4) is 11.5 Å². The maximum atomic E-state index is 12.5. The molecule has 2 N–H and O–H groups in total. The van der Waals surface area contributed by atoms with Gasteiger partial charge in [-0.05, 0) is 24.3 Å². The first-order valence-corrected chi connectivity index (χ1v) is 11.0. The second-order valence-corrected chi connectivity index (χ2v) is 7.04. The molecule has 1 heterocycles. The Morgan fingerprint density at radius 2 is 0.909 bits per heavy atom. The fraction of sp³-hybridized carbons (Fsp3) is 0.417. The quantitative estimate of drug-likeness (QED) is 0.619. The van der Waals surface area contributed by atoms with Crippen molar-refractivity contribution < 1.29 is 33.3 Å². The summed E-state index contributed by atoms with van der Waals surface area (Å²) in [6, 6.07) is 14.1. The molecule has 33 heavy (non-hydrogen) atoms. The Balaban J connectivity index is 1.56. The van der Waals surface area contributed by atoms with E-state index in [0.717, 1.165) is 0 Å². The van der Waals surface area contributed by atoms with E-state index in [4.69, 9.17) is 23.7 Å². The fourth-order valence-corrected chi connectivity index (χ4v) is 3.07. The lowest BCUT2D eigenvalue weighted by atomic mass is 10.2. The molecule has 0 radical (unpaired) electrons. The van der Waals surface area contributed by atoms with Gasteiger partial charge in [-0.25, -0.2) is 0 Å². The van der Waals surface area contributed by atoms with Crippen molar-refractivity contribution in [3.05, 3.63) is 59.7 Å². The number of hydrogen-bond donors (Lipinski definition) is 2. The number of amides is 2. The molecular weight excluding hydrogens is 428 g/mol. The van der Waals surface area contributed by atoms with Crippen LogP contribution in [0.15, 0.2) is 48.5 Å². The molecule has 0 fully saturated rings. The Morgan fingerprint density at radius 3 is 1.39 bits per heavy atom. The molecule has 1 aliphatic heterocycles. The SMILES string of the molecule is O=C1NCCOCCOCCNC(=O)c2ccccc2OCCOCCOc2ccccc21. The van der Waals surface area contributed by atoms with Crippen molar-refractivity contribution in [2.24, 2.45) is 0 Å². The lowest BCUT2D eigenvalue weighted by Gasteiger charge is -2.13. The molecule has 2 aromatic rings. The summed E-state index contributed by atoms with van der Waals surface area (Å²) in [7, 11) is 0. The predicted molar refractivity (Wildman–Crippen MR) is 121 cm³/mol. The van der Waals surface area contributed by atoms with Crippen LogP contribution in [0.2, 0.25) is 0 Å². The summed E-state index contributed by atoms with van der Waals surface area (Å²) >= 11 is 0. The van der Waals surface area contributed by atoms with Crippen molar-refractivity contribution in [2.45, 2.75) is 0 Å². The van der Waals surface area contributed by atoms with E-state index in [2.05, 4.69) is 10.6 Å². The predicted octanol–water partition coefficient (Wildman–Crippen LogP) is 1.67. The van der Waals surface area contributed by atoms with Crippen LogP contribution in [-0.2, 0) is 14.2 Å². The van der Waals surface area contributed by atoms with Gasteiger partial charge in [0.1, 0.15) is 24.7 Å². The summed E-state index contributed by atoms with van der Waals surface area (Å²) in [6.45, 7) is 3.46. The lowest BCUT2D eigenvalue weighted by Crippen LogP contribution is -2.29. The first kappa shape index (κ1) is 24.5. The maximum absolute atomic E-state index is 12.5. The van der Waals surface area contributed by atoms with Crippen molar-refractivity contribution in [3.63, 3.8) is 0 Å². The Kier molecular flexibility index (Phi) is 10.5. The highest BCUT2D eigenvalue weighted by atomic mass is 16.5.